The number of halogens is 2. The van der Waals surface area contributed by atoms with Crippen LogP contribution in [-0.4, -0.2) is 28.3 Å². The van der Waals surface area contributed by atoms with Gasteiger partial charge in [0.25, 0.3) is 5.91 Å². The first kappa shape index (κ1) is 18.8. The molecule has 7 heteroatoms. The fraction of sp³-hybridized carbons (Fsp3) is 0.412. The lowest BCUT2D eigenvalue weighted by molar-refractivity contribution is 0.0928. The van der Waals surface area contributed by atoms with E-state index < -0.39 is 0 Å². The maximum Gasteiger partial charge on any atom is 0.254 e. The van der Waals surface area contributed by atoms with Gasteiger partial charge in [-0.15, -0.1) is 12.4 Å². The third-order valence-electron chi connectivity index (χ3n) is 4.51. The highest BCUT2D eigenvalue weighted by molar-refractivity contribution is 6.30. The van der Waals surface area contributed by atoms with E-state index in [0.29, 0.717) is 28.7 Å². The number of amides is 1. The van der Waals surface area contributed by atoms with Crippen LogP contribution in [0, 0.1) is 12.8 Å². The number of hydrogen-bond donors (Lipinski definition) is 2. The van der Waals surface area contributed by atoms with Crippen LogP contribution in [0.25, 0.3) is 5.69 Å². The van der Waals surface area contributed by atoms with Crippen molar-refractivity contribution in [2.24, 2.45) is 11.7 Å². The number of aromatic nitrogens is 2. The lowest BCUT2D eigenvalue weighted by Crippen LogP contribution is -2.39. The van der Waals surface area contributed by atoms with Gasteiger partial charge in [-0.2, -0.15) is 5.10 Å². The number of hydrogen-bond acceptors (Lipinski definition) is 3. The van der Waals surface area contributed by atoms with Gasteiger partial charge < -0.3 is 11.1 Å². The quantitative estimate of drug-likeness (QED) is 0.870. The molecule has 0 saturated heterocycles. The molecule has 1 aromatic heterocycles. The Balaban J connectivity index is 0.00000208. The van der Waals surface area contributed by atoms with Crippen molar-refractivity contribution in [1.82, 2.24) is 15.1 Å². The Morgan fingerprint density at radius 1 is 1.38 bits per heavy atom. The van der Waals surface area contributed by atoms with Crippen molar-refractivity contribution in [1.29, 1.82) is 0 Å². The monoisotopic (exact) mass is 368 g/mol. The Labute approximate surface area is 153 Å². The molecule has 1 saturated carbocycles. The van der Waals surface area contributed by atoms with Crippen molar-refractivity contribution in [3.8, 4) is 5.69 Å². The molecule has 5 nitrogen and oxygen atoms in total. The lowest BCUT2D eigenvalue weighted by atomic mass is 10.0. The largest absolute Gasteiger partial charge is 0.349 e. The van der Waals surface area contributed by atoms with Crippen LogP contribution in [0.2, 0.25) is 5.02 Å². The predicted molar refractivity (Wildman–Crippen MR) is 98.2 cm³/mol. The first-order valence-corrected chi connectivity index (χ1v) is 8.29. The highest BCUT2D eigenvalue weighted by atomic mass is 35.5. The average molecular weight is 369 g/mol. The van der Waals surface area contributed by atoms with E-state index in [1.807, 2.05) is 19.1 Å². The second-order valence-corrected chi connectivity index (χ2v) is 6.49. The van der Waals surface area contributed by atoms with Gasteiger partial charge >= 0.3 is 0 Å². The normalized spacial score (nSPS) is 19.8. The predicted octanol–water partition coefficient (Wildman–Crippen LogP) is 3.11. The first-order valence-electron chi connectivity index (χ1n) is 7.91. The molecule has 0 spiro atoms. The molecule has 1 fully saturated rings. The summed E-state index contributed by atoms with van der Waals surface area (Å²) in [5.74, 6) is 0.304. The highest BCUT2D eigenvalue weighted by Crippen LogP contribution is 2.25. The summed E-state index contributed by atoms with van der Waals surface area (Å²) < 4.78 is 1.70. The van der Waals surface area contributed by atoms with Gasteiger partial charge in [-0.3, -0.25) is 4.79 Å². The number of nitrogens with zero attached hydrogens (tertiary/aromatic N) is 2. The van der Waals surface area contributed by atoms with Gasteiger partial charge in [0.15, 0.2) is 0 Å². The minimum absolute atomic E-state index is 0. The molecule has 1 aliphatic carbocycles. The minimum atomic E-state index is -0.0759. The maximum atomic E-state index is 12.6. The zero-order valence-corrected chi connectivity index (χ0v) is 15.1. The van der Waals surface area contributed by atoms with Crippen molar-refractivity contribution in [2.45, 2.75) is 32.2 Å². The first-order chi connectivity index (χ1) is 11.1. The molecule has 3 rings (SSSR count). The molecule has 2 unspecified atom stereocenters. The molecule has 1 aliphatic rings. The van der Waals surface area contributed by atoms with Crippen molar-refractivity contribution in [3.05, 3.63) is 46.7 Å². The van der Waals surface area contributed by atoms with Crippen LogP contribution >= 0.6 is 24.0 Å². The van der Waals surface area contributed by atoms with Crippen LogP contribution in [-0.2, 0) is 0 Å². The number of carbonyl (C=O) groups excluding carboxylic acids is 1. The van der Waals surface area contributed by atoms with Crippen LogP contribution in [0.15, 0.2) is 30.5 Å². The van der Waals surface area contributed by atoms with Crippen molar-refractivity contribution < 1.29 is 4.79 Å². The molecule has 130 valence electrons. The van der Waals surface area contributed by atoms with Gasteiger partial charge in [0.1, 0.15) is 0 Å². The van der Waals surface area contributed by atoms with E-state index in [0.717, 1.165) is 24.9 Å². The number of rotatable bonds is 4. The third-order valence-corrected chi connectivity index (χ3v) is 4.76. The van der Waals surface area contributed by atoms with Gasteiger partial charge in [-0.1, -0.05) is 18.0 Å². The maximum absolute atomic E-state index is 12.6. The smallest absolute Gasteiger partial charge is 0.254 e. The minimum Gasteiger partial charge on any atom is -0.349 e. The Bertz CT molecular complexity index is 699. The van der Waals surface area contributed by atoms with E-state index in [1.165, 1.54) is 0 Å². The zero-order chi connectivity index (χ0) is 16.4. The average Bonchev–Trinajstić information content (AvgIpc) is 3.14. The summed E-state index contributed by atoms with van der Waals surface area (Å²) in [6, 6.07) is 7.52. The number of nitrogens with two attached hydrogens (primary N) is 1. The molecular formula is C17H22Cl2N4O. The molecule has 3 N–H and O–H groups in total. The number of aryl methyl sites for hydroxylation is 1. The molecule has 2 atom stereocenters. The fourth-order valence-corrected chi connectivity index (χ4v) is 3.29. The standard InChI is InChI=1S/C17H21ClN4O.ClH/c1-11-15(17(23)20-16-4-2-3-12(16)9-19)10-22(21-11)14-7-5-13(18)6-8-14;/h5-8,10,12,16H,2-4,9,19H2,1H3,(H,20,23);1H. The summed E-state index contributed by atoms with van der Waals surface area (Å²) in [6.07, 6.45) is 4.97. The summed E-state index contributed by atoms with van der Waals surface area (Å²) in [5.41, 5.74) is 7.96. The van der Waals surface area contributed by atoms with Gasteiger partial charge in [0, 0.05) is 17.3 Å². The molecule has 0 radical (unpaired) electrons. The van der Waals surface area contributed by atoms with E-state index in [-0.39, 0.29) is 24.4 Å². The SMILES string of the molecule is Cc1nn(-c2ccc(Cl)cc2)cc1C(=O)NC1CCCC1CN.Cl. The Morgan fingerprint density at radius 3 is 2.75 bits per heavy atom. The van der Waals surface area contributed by atoms with E-state index in [9.17, 15) is 4.79 Å². The lowest BCUT2D eigenvalue weighted by Gasteiger charge is -2.19. The molecule has 24 heavy (non-hydrogen) atoms. The van der Waals surface area contributed by atoms with Crippen LogP contribution in [0.5, 0.6) is 0 Å². The van der Waals surface area contributed by atoms with Crippen molar-refractivity contribution >= 4 is 29.9 Å². The molecule has 1 heterocycles. The van der Waals surface area contributed by atoms with Crippen LogP contribution in [0.1, 0.15) is 35.3 Å². The molecule has 0 aliphatic heterocycles. The summed E-state index contributed by atoms with van der Waals surface area (Å²) >= 11 is 5.90. The summed E-state index contributed by atoms with van der Waals surface area (Å²) in [6.45, 7) is 2.46. The topological polar surface area (TPSA) is 72.9 Å². The van der Waals surface area contributed by atoms with E-state index >= 15 is 0 Å². The summed E-state index contributed by atoms with van der Waals surface area (Å²) in [4.78, 5) is 12.6. The Kier molecular flexibility index (Phi) is 6.27. The molecule has 1 amide bonds. The molecule has 2 aromatic rings. The second-order valence-electron chi connectivity index (χ2n) is 6.06. The number of benzene rings is 1. The highest BCUT2D eigenvalue weighted by Gasteiger charge is 2.28. The molecule has 0 bridgehead atoms. The second kappa shape index (κ2) is 8.01. The Hall–Kier alpha value is -1.56. The van der Waals surface area contributed by atoms with E-state index in [2.05, 4.69) is 10.4 Å². The number of carbonyl (C=O) groups is 1. The van der Waals surface area contributed by atoms with Gasteiger partial charge in [0.05, 0.1) is 16.9 Å². The van der Waals surface area contributed by atoms with Gasteiger partial charge in [0.2, 0.25) is 0 Å². The summed E-state index contributed by atoms with van der Waals surface area (Å²) in [5, 5.41) is 8.22. The van der Waals surface area contributed by atoms with Gasteiger partial charge in [-0.25, -0.2) is 4.68 Å². The number of nitrogens with one attached hydrogen (secondary N) is 1. The zero-order valence-electron chi connectivity index (χ0n) is 13.5. The third kappa shape index (κ3) is 3.91. The van der Waals surface area contributed by atoms with Gasteiger partial charge in [-0.05, 0) is 56.5 Å². The summed E-state index contributed by atoms with van der Waals surface area (Å²) in [7, 11) is 0. The van der Waals surface area contributed by atoms with Crippen LogP contribution < -0.4 is 11.1 Å². The van der Waals surface area contributed by atoms with Crippen molar-refractivity contribution in [2.75, 3.05) is 6.54 Å². The molecule has 1 aromatic carbocycles. The van der Waals surface area contributed by atoms with E-state index in [1.54, 1.807) is 23.0 Å². The van der Waals surface area contributed by atoms with Crippen LogP contribution in [0.3, 0.4) is 0 Å². The van der Waals surface area contributed by atoms with Crippen LogP contribution in [0.4, 0.5) is 0 Å². The van der Waals surface area contributed by atoms with Crippen molar-refractivity contribution in [3.63, 3.8) is 0 Å². The molecular weight excluding hydrogens is 347 g/mol. The fourth-order valence-electron chi connectivity index (χ4n) is 3.16. The van der Waals surface area contributed by atoms with E-state index in [4.69, 9.17) is 17.3 Å². The Morgan fingerprint density at radius 2 is 2.08 bits per heavy atom.